The lowest BCUT2D eigenvalue weighted by atomic mass is 10.1. The third-order valence-corrected chi connectivity index (χ3v) is 2.89. The van der Waals surface area contributed by atoms with E-state index < -0.39 is 5.82 Å². The number of ether oxygens (including phenoxy) is 1. The average Bonchev–Trinajstić information content (AvgIpc) is 2.45. The molecule has 0 aliphatic rings. The second kappa shape index (κ2) is 6.21. The second-order valence-electron chi connectivity index (χ2n) is 4.53. The molecule has 0 bridgehead atoms. The molecule has 2 aromatic carbocycles. The first-order valence-electron chi connectivity index (χ1n) is 6.16. The van der Waals surface area contributed by atoms with Gasteiger partial charge in [0.15, 0.2) is 5.84 Å². The fraction of sp³-hybridized carbons (Fsp3) is 0.133. The minimum absolute atomic E-state index is 0.0793. The Bertz CT molecular complexity index is 687. The molecule has 0 spiro atoms. The van der Waals surface area contributed by atoms with Crippen LogP contribution in [0.1, 0.15) is 16.7 Å². The summed E-state index contributed by atoms with van der Waals surface area (Å²) >= 11 is 0. The number of hydrogen-bond acceptors (Lipinski definition) is 3. The summed E-state index contributed by atoms with van der Waals surface area (Å²) in [5.41, 5.74) is 6.84. The first kappa shape index (κ1) is 14.8. The molecular formula is C15H14F2N2O2. The fourth-order valence-electron chi connectivity index (χ4n) is 1.88. The van der Waals surface area contributed by atoms with E-state index >= 15 is 0 Å². The van der Waals surface area contributed by atoms with Gasteiger partial charge in [-0.25, -0.2) is 8.78 Å². The van der Waals surface area contributed by atoms with Gasteiger partial charge < -0.3 is 15.7 Å². The van der Waals surface area contributed by atoms with Gasteiger partial charge in [0.25, 0.3) is 0 Å². The van der Waals surface area contributed by atoms with Crippen molar-refractivity contribution in [2.24, 2.45) is 10.9 Å². The van der Waals surface area contributed by atoms with Crippen molar-refractivity contribution in [3.8, 4) is 5.75 Å². The predicted molar refractivity (Wildman–Crippen MR) is 74.4 cm³/mol. The number of hydrogen-bond donors (Lipinski definition) is 2. The van der Waals surface area contributed by atoms with Crippen molar-refractivity contribution in [1.82, 2.24) is 0 Å². The Kier molecular flexibility index (Phi) is 4.37. The van der Waals surface area contributed by atoms with Crippen molar-refractivity contribution in [2.75, 3.05) is 0 Å². The second-order valence-corrected chi connectivity index (χ2v) is 4.53. The number of nitrogens with zero attached hydrogens (tertiary/aromatic N) is 1. The Morgan fingerprint density at radius 1 is 1.19 bits per heavy atom. The zero-order valence-corrected chi connectivity index (χ0v) is 11.3. The highest BCUT2D eigenvalue weighted by atomic mass is 19.1. The molecule has 4 nitrogen and oxygen atoms in total. The monoisotopic (exact) mass is 292 g/mol. The molecule has 0 aliphatic heterocycles. The van der Waals surface area contributed by atoms with Crippen LogP contribution >= 0.6 is 0 Å². The maximum Gasteiger partial charge on any atom is 0.170 e. The van der Waals surface area contributed by atoms with E-state index in [9.17, 15) is 8.78 Å². The number of rotatable bonds is 4. The van der Waals surface area contributed by atoms with Crippen LogP contribution in [0.5, 0.6) is 5.75 Å². The maximum atomic E-state index is 13.5. The quantitative estimate of drug-likeness (QED) is 0.394. The molecule has 0 saturated heterocycles. The molecule has 2 rings (SSSR count). The summed E-state index contributed by atoms with van der Waals surface area (Å²) < 4.78 is 32.0. The van der Waals surface area contributed by atoms with Gasteiger partial charge in [-0.15, -0.1) is 0 Å². The highest BCUT2D eigenvalue weighted by Crippen LogP contribution is 2.20. The van der Waals surface area contributed by atoms with E-state index in [4.69, 9.17) is 15.7 Å². The van der Waals surface area contributed by atoms with E-state index in [2.05, 4.69) is 5.16 Å². The lowest BCUT2D eigenvalue weighted by Gasteiger charge is -2.10. The van der Waals surface area contributed by atoms with Crippen LogP contribution in [0.25, 0.3) is 0 Å². The third kappa shape index (κ3) is 3.68. The minimum atomic E-state index is -0.520. The van der Waals surface area contributed by atoms with Gasteiger partial charge in [0.1, 0.15) is 24.0 Å². The Morgan fingerprint density at radius 3 is 2.62 bits per heavy atom. The van der Waals surface area contributed by atoms with Crippen molar-refractivity contribution >= 4 is 5.84 Å². The fourth-order valence-corrected chi connectivity index (χ4v) is 1.88. The van der Waals surface area contributed by atoms with E-state index in [-0.39, 0.29) is 23.8 Å². The molecule has 0 amide bonds. The van der Waals surface area contributed by atoms with E-state index in [1.807, 2.05) is 0 Å². The van der Waals surface area contributed by atoms with Gasteiger partial charge in [-0.2, -0.15) is 0 Å². The summed E-state index contributed by atoms with van der Waals surface area (Å²) in [6.07, 6.45) is 0. The molecule has 6 heteroatoms. The SMILES string of the molecule is Cc1cc(F)ccc1OCc1cc(F)cc(/C(N)=N/O)c1. The Labute approximate surface area is 120 Å². The molecule has 0 saturated carbocycles. The standard InChI is InChI=1S/C15H14F2N2O2/c1-9-4-12(16)2-3-14(9)21-8-10-5-11(15(18)19-20)7-13(17)6-10/h2-7,20H,8H2,1H3,(H2,18,19). The van der Waals surface area contributed by atoms with Gasteiger partial charge in [-0.05, 0) is 54.4 Å². The highest BCUT2D eigenvalue weighted by Gasteiger charge is 2.07. The normalized spacial score (nSPS) is 11.5. The summed E-state index contributed by atoms with van der Waals surface area (Å²) in [4.78, 5) is 0. The zero-order valence-electron chi connectivity index (χ0n) is 11.3. The zero-order chi connectivity index (χ0) is 15.4. The van der Waals surface area contributed by atoms with E-state index in [1.165, 1.54) is 24.3 Å². The molecule has 0 aromatic heterocycles. The van der Waals surface area contributed by atoms with Gasteiger partial charge in [0.2, 0.25) is 0 Å². The molecule has 110 valence electrons. The smallest absolute Gasteiger partial charge is 0.170 e. The Hall–Kier alpha value is -2.63. The molecule has 0 heterocycles. The number of nitrogens with two attached hydrogens (primary N) is 1. The van der Waals surface area contributed by atoms with Crippen molar-refractivity contribution in [1.29, 1.82) is 0 Å². The van der Waals surface area contributed by atoms with E-state index in [0.717, 1.165) is 6.07 Å². The Balaban J connectivity index is 2.18. The molecule has 0 radical (unpaired) electrons. The first-order chi connectivity index (χ1) is 9.99. The summed E-state index contributed by atoms with van der Waals surface area (Å²) in [7, 11) is 0. The van der Waals surface area contributed by atoms with Gasteiger partial charge in [-0.1, -0.05) is 5.16 Å². The summed E-state index contributed by atoms with van der Waals surface area (Å²) in [6.45, 7) is 1.79. The molecule has 0 atom stereocenters. The first-order valence-corrected chi connectivity index (χ1v) is 6.16. The van der Waals surface area contributed by atoms with Crippen LogP contribution in [0, 0.1) is 18.6 Å². The number of benzene rings is 2. The molecule has 0 unspecified atom stereocenters. The van der Waals surface area contributed by atoms with E-state index in [0.29, 0.717) is 16.9 Å². The average molecular weight is 292 g/mol. The summed E-state index contributed by atoms with van der Waals surface area (Å²) in [5.74, 6) is -0.548. The van der Waals surface area contributed by atoms with Crippen LogP contribution in [0.3, 0.4) is 0 Å². The van der Waals surface area contributed by atoms with Crippen molar-refractivity contribution in [3.63, 3.8) is 0 Å². The van der Waals surface area contributed by atoms with Crippen molar-refractivity contribution in [3.05, 3.63) is 64.7 Å². The van der Waals surface area contributed by atoms with Crippen molar-refractivity contribution in [2.45, 2.75) is 13.5 Å². The number of amidine groups is 1. The molecule has 2 aromatic rings. The lowest BCUT2D eigenvalue weighted by molar-refractivity contribution is 0.303. The minimum Gasteiger partial charge on any atom is -0.489 e. The molecular weight excluding hydrogens is 278 g/mol. The van der Waals surface area contributed by atoms with Crippen molar-refractivity contribution < 1.29 is 18.7 Å². The largest absolute Gasteiger partial charge is 0.489 e. The summed E-state index contributed by atoms with van der Waals surface area (Å²) in [6, 6.07) is 8.14. The van der Waals surface area contributed by atoms with Crippen LogP contribution in [0.2, 0.25) is 0 Å². The van der Waals surface area contributed by atoms with Crippen LogP contribution in [0.4, 0.5) is 8.78 Å². The molecule has 21 heavy (non-hydrogen) atoms. The topological polar surface area (TPSA) is 67.8 Å². The Morgan fingerprint density at radius 2 is 1.95 bits per heavy atom. The van der Waals surface area contributed by atoms with Crippen LogP contribution < -0.4 is 10.5 Å². The molecule has 0 fully saturated rings. The van der Waals surface area contributed by atoms with Crippen LogP contribution in [0.15, 0.2) is 41.6 Å². The number of halogens is 2. The van der Waals surface area contributed by atoms with Gasteiger partial charge in [0, 0.05) is 5.56 Å². The van der Waals surface area contributed by atoms with Crippen LogP contribution in [-0.4, -0.2) is 11.0 Å². The van der Waals surface area contributed by atoms with E-state index in [1.54, 1.807) is 13.0 Å². The van der Waals surface area contributed by atoms with Gasteiger partial charge >= 0.3 is 0 Å². The van der Waals surface area contributed by atoms with Gasteiger partial charge in [-0.3, -0.25) is 0 Å². The highest BCUT2D eigenvalue weighted by molar-refractivity contribution is 5.97. The summed E-state index contributed by atoms with van der Waals surface area (Å²) in [5, 5.41) is 11.4. The lowest BCUT2D eigenvalue weighted by Crippen LogP contribution is -2.14. The maximum absolute atomic E-state index is 13.5. The van der Waals surface area contributed by atoms with Crippen LogP contribution in [-0.2, 0) is 6.61 Å². The predicted octanol–water partition coefficient (Wildman–Crippen LogP) is 2.95. The third-order valence-electron chi connectivity index (χ3n) is 2.89. The molecule has 0 aliphatic carbocycles. The number of aryl methyl sites for hydroxylation is 1. The molecule has 3 N–H and O–H groups in total. The number of oxime groups is 1. The van der Waals surface area contributed by atoms with Gasteiger partial charge in [0.05, 0.1) is 0 Å².